The first kappa shape index (κ1) is 29.4. The number of aromatic carboxylic acids is 1. The highest BCUT2D eigenvalue weighted by molar-refractivity contribution is 7.89. The normalized spacial score (nSPS) is 13.1. The standard InChI is InChI=1S/C28H32F2N2O5S/c1-18-8-9-19(12-25(18)29)15-28(2,3)31-16-22(33)17-32(4)38(36,37)23-7-5-6-20(13-23)24-11-10-21(27(34)35)14-26(24)30/h5-14,22,31,33H,15-17H2,1-4H3,(H,34,35)/t22-/m1/s1. The molecule has 38 heavy (non-hydrogen) atoms. The number of hydrogen-bond donors (Lipinski definition) is 3. The molecule has 0 fully saturated rings. The number of benzene rings is 3. The van der Waals surface area contributed by atoms with Crippen LogP contribution in [-0.2, 0) is 16.4 Å². The second-order valence-corrected chi connectivity index (χ2v) is 12.0. The number of carboxylic acid groups (broad SMARTS) is 1. The Bertz CT molecular complexity index is 1430. The van der Waals surface area contributed by atoms with Gasteiger partial charge in [0, 0.05) is 31.2 Å². The predicted octanol–water partition coefficient (Wildman–Crippen LogP) is 4.23. The third kappa shape index (κ3) is 7.22. The smallest absolute Gasteiger partial charge is 0.335 e. The number of nitrogens with one attached hydrogen (secondary N) is 1. The van der Waals surface area contributed by atoms with Crippen molar-refractivity contribution in [2.75, 3.05) is 20.1 Å². The third-order valence-electron chi connectivity index (χ3n) is 6.24. The van der Waals surface area contributed by atoms with Crippen molar-refractivity contribution in [3.63, 3.8) is 0 Å². The van der Waals surface area contributed by atoms with Gasteiger partial charge in [-0.05, 0) is 74.2 Å². The maximum atomic E-state index is 14.5. The number of likely N-dealkylation sites (N-methyl/N-ethyl adjacent to an activating group) is 1. The first-order valence-corrected chi connectivity index (χ1v) is 13.4. The van der Waals surface area contributed by atoms with Crippen molar-refractivity contribution in [3.8, 4) is 11.1 Å². The van der Waals surface area contributed by atoms with E-state index in [4.69, 9.17) is 5.11 Å². The zero-order valence-corrected chi connectivity index (χ0v) is 22.5. The average molecular weight is 547 g/mol. The van der Waals surface area contributed by atoms with Crippen molar-refractivity contribution in [3.05, 3.63) is 89.0 Å². The van der Waals surface area contributed by atoms with Crippen LogP contribution in [0.3, 0.4) is 0 Å². The molecule has 1 atom stereocenters. The van der Waals surface area contributed by atoms with E-state index in [0.717, 1.165) is 15.9 Å². The van der Waals surface area contributed by atoms with Gasteiger partial charge in [0.05, 0.1) is 16.6 Å². The minimum atomic E-state index is -4.02. The molecule has 0 heterocycles. The van der Waals surface area contributed by atoms with Crippen LogP contribution in [0.1, 0.15) is 35.3 Å². The van der Waals surface area contributed by atoms with Crippen LogP contribution >= 0.6 is 0 Å². The number of sulfonamides is 1. The van der Waals surface area contributed by atoms with Gasteiger partial charge in [-0.2, -0.15) is 4.31 Å². The fourth-order valence-corrected chi connectivity index (χ4v) is 5.31. The second-order valence-electron chi connectivity index (χ2n) is 9.99. The number of carboxylic acids is 1. The number of rotatable bonds is 11. The summed E-state index contributed by atoms with van der Waals surface area (Å²) in [5, 5.41) is 22.8. The molecule has 10 heteroatoms. The van der Waals surface area contributed by atoms with E-state index in [1.165, 1.54) is 49.5 Å². The molecular weight excluding hydrogens is 514 g/mol. The lowest BCUT2D eigenvalue weighted by atomic mass is 9.94. The number of aliphatic hydroxyl groups is 1. The van der Waals surface area contributed by atoms with Crippen molar-refractivity contribution >= 4 is 16.0 Å². The molecule has 0 amide bonds. The van der Waals surface area contributed by atoms with E-state index in [-0.39, 0.29) is 40.5 Å². The van der Waals surface area contributed by atoms with E-state index in [0.29, 0.717) is 12.0 Å². The highest BCUT2D eigenvalue weighted by Crippen LogP contribution is 2.27. The second kappa shape index (κ2) is 11.7. The number of β-amino-alcohol motifs (C(OH)–C–C–N with tert-alkyl or cyclic N) is 1. The maximum absolute atomic E-state index is 14.5. The van der Waals surface area contributed by atoms with Crippen LogP contribution in [0.15, 0.2) is 65.6 Å². The fraction of sp³-hybridized carbons (Fsp3) is 0.321. The number of nitrogens with zero attached hydrogens (tertiary/aromatic N) is 1. The number of aliphatic hydroxyl groups excluding tert-OH is 1. The molecule has 0 radical (unpaired) electrons. The summed E-state index contributed by atoms with van der Waals surface area (Å²) < 4.78 is 55.8. The number of halogens is 2. The summed E-state index contributed by atoms with van der Waals surface area (Å²) in [7, 11) is -2.68. The van der Waals surface area contributed by atoms with E-state index in [2.05, 4.69) is 5.32 Å². The Labute approximate surface area is 221 Å². The molecule has 3 aromatic carbocycles. The first-order chi connectivity index (χ1) is 17.7. The van der Waals surface area contributed by atoms with Crippen LogP contribution in [-0.4, -0.2) is 60.7 Å². The van der Waals surface area contributed by atoms with Gasteiger partial charge < -0.3 is 15.5 Å². The zero-order valence-electron chi connectivity index (χ0n) is 21.7. The summed E-state index contributed by atoms with van der Waals surface area (Å²) in [6.07, 6.45) is -0.532. The van der Waals surface area contributed by atoms with Crippen molar-refractivity contribution in [2.24, 2.45) is 0 Å². The Morgan fingerprint density at radius 3 is 2.39 bits per heavy atom. The lowest BCUT2D eigenvalue weighted by Crippen LogP contribution is -2.47. The Hall–Kier alpha value is -3.18. The monoisotopic (exact) mass is 546 g/mol. The lowest BCUT2D eigenvalue weighted by molar-refractivity contribution is 0.0696. The quantitative estimate of drug-likeness (QED) is 0.332. The Morgan fingerprint density at radius 1 is 1.05 bits per heavy atom. The van der Waals surface area contributed by atoms with Gasteiger partial charge in [0.1, 0.15) is 11.6 Å². The molecule has 0 spiro atoms. The summed E-state index contributed by atoms with van der Waals surface area (Å²) in [5.74, 6) is -2.34. The van der Waals surface area contributed by atoms with Gasteiger partial charge in [0.25, 0.3) is 0 Å². The van der Waals surface area contributed by atoms with Crippen LogP contribution < -0.4 is 5.32 Å². The molecular formula is C28H32F2N2O5S. The first-order valence-electron chi connectivity index (χ1n) is 12.0. The van der Waals surface area contributed by atoms with E-state index >= 15 is 0 Å². The van der Waals surface area contributed by atoms with Crippen molar-refractivity contribution < 1.29 is 32.2 Å². The van der Waals surface area contributed by atoms with Crippen LogP contribution in [0.2, 0.25) is 0 Å². The van der Waals surface area contributed by atoms with Crippen LogP contribution in [0.25, 0.3) is 11.1 Å². The summed E-state index contributed by atoms with van der Waals surface area (Å²) >= 11 is 0. The predicted molar refractivity (Wildman–Crippen MR) is 142 cm³/mol. The minimum Gasteiger partial charge on any atom is -0.478 e. The maximum Gasteiger partial charge on any atom is 0.335 e. The third-order valence-corrected chi connectivity index (χ3v) is 8.06. The van der Waals surface area contributed by atoms with Gasteiger partial charge in [0.15, 0.2) is 0 Å². The summed E-state index contributed by atoms with van der Waals surface area (Å²) in [6.45, 7) is 5.41. The van der Waals surface area contributed by atoms with Crippen molar-refractivity contribution in [1.29, 1.82) is 0 Å². The van der Waals surface area contributed by atoms with Gasteiger partial charge >= 0.3 is 5.97 Å². The molecule has 3 aromatic rings. The molecule has 0 aliphatic rings. The Balaban J connectivity index is 1.66. The summed E-state index contributed by atoms with van der Waals surface area (Å²) in [5.41, 5.74) is 0.987. The fourth-order valence-electron chi connectivity index (χ4n) is 4.06. The van der Waals surface area contributed by atoms with Gasteiger partial charge in [-0.3, -0.25) is 0 Å². The molecule has 0 aliphatic heterocycles. The van der Waals surface area contributed by atoms with Crippen molar-refractivity contribution in [2.45, 2.75) is 43.7 Å². The van der Waals surface area contributed by atoms with Crippen LogP contribution in [0, 0.1) is 18.6 Å². The molecule has 0 saturated carbocycles. The molecule has 3 rings (SSSR count). The highest BCUT2D eigenvalue weighted by Gasteiger charge is 2.26. The lowest BCUT2D eigenvalue weighted by Gasteiger charge is -2.29. The minimum absolute atomic E-state index is 0.0645. The number of hydrogen-bond acceptors (Lipinski definition) is 5. The van der Waals surface area contributed by atoms with E-state index < -0.39 is 33.5 Å². The molecule has 0 bridgehead atoms. The van der Waals surface area contributed by atoms with E-state index in [1.807, 2.05) is 19.9 Å². The average Bonchev–Trinajstić information content (AvgIpc) is 2.85. The van der Waals surface area contributed by atoms with Crippen LogP contribution in [0.4, 0.5) is 8.78 Å². The Kier molecular flexibility index (Phi) is 9.04. The molecule has 7 nitrogen and oxygen atoms in total. The zero-order chi connectivity index (χ0) is 28.3. The van der Waals surface area contributed by atoms with Gasteiger partial charge in [0.2, 0.25) is 10.0 Å². The Morgan fingerprint density at radius 2 is 1.76 bits per heavy atom. The van der Waals surface area contributed by atoms with Crippen molar-refractivity contribution in [1.82, 2.24) is 9.62 Å². The van der Waals surface area contributed by atoms with E-state index in [9.17, 15) is 27.1 Å². The molecule has 0 saturated heterocycles. The van der Waals surface area contributed by atoms with Gasteiger partial charge in [-0.1, -0.05) is 30.3 Å². The SMILES string of the molecule is Cc1ccc(CC(C)(C)NC[C@@H](O)CN(C)S(=O)(=O)c2cccc(-c3ccc(C(=O)O)cc3F)c2)cc1F. The molecule has 3 N–H and O–H groups in total. The molecule has 0 aliphatic carbocycles. The molecule has 0 aromatic heterocycles. The summed E-state index contributed by atoms with van der Waals surface area (Å²) in [4.78, 5) is 11.0. The molecule has 204 valence electrons. The highest BCUT2D eigenvalue weighted by atomic mass is 32.2. The van der Waals surface area contributed by atoms with Gasteiger partial charge in [-0.25, -0.2) is 22.0 Å². The van der Waals surface area contributed by atoms with Gasteiger partial charge in [-0.15, -0.1) is 0 Å². The molecule has 0 unspecified atom stereocenters. The number of carbonyl (C=O) groups is 1. The summed E-state index contributed by atoms with van der Waals surface area (Å²) in [6, 6.07) is 14.1. The number of aryl methyl sites for hydroxylation is 1. The largest absolute Gasteiger partial charge is 0.478 e. The topological polar surface area (TPSA) is 107 Å². The van der Waals surface area contributed by atoms with E-state index in [1.54, 1.807) is 13.0 Å². The van der Waals surface area contributed by atoms with Crippen LogP contribution in [0.5, 0.6) is 0 Å².